The number of carbonyl (C=O) groups excluding carboxylic acids is 2. The Hall–Kier alpha value is -3.79. The second-order valence-electron chi connectivity index (χ2n) is 7.88. The first-order valence-corrected chi connectivity index (χ1v) is 10.7. The summed E-state index contributed by atoms with van der Waals surface area (Å²) in [4.78, 5) is 33.5. The van der Waals surface area contributed by atoms with Gasteiger partial charge in [-0.15, -0.1) is 0 Å². The standard InChI is InChI=1S/C23H26N6O4/c1-16-19(33-18-8-12-24-17(14-18)15-29-13-5-11-25-29)6-7-20(26-16)27-22(31)28-21(30)23(32-2)9-3-4-10-23/h5-8,11-14H,3-4,9-10,15H2,1-2H3,(H2,26,27,28,30,31). The molecule has 1 fully saturated rings. The Bertz CT molecular complexity index is 1130. The Morgan fingerprint density at radius 3 is 2.70 bits per heavy atom. The molecule has 3 heterocycles. The number of pyridine rings is 2. The van der Waals surface area contributed by atoms with Crippen molar-refractivity contribution < 1.29 is 19.1 Å². The first-order valence-electron chi connectivity index (χ1n) is 10.7. The smallest absolute Gasteiger partial charge is 0.327 e. The van der Waals surface area contributed by atoms with Crippen molar-refractivity contribution in [3.05, 3.63) is 60.3 Å². The molecule has 0 saturated heterocycles. The molecule has 0 bridgehead atoms. The molecule has 1 aliphatic carbocycles. The summed E-state index contributed by atoms with van der Waals surface area (Å²) in [7, 11) is 1.50. The van der Waals surface area contributed by atoms with Gasteiger partial charge in [-0.1, -0.05) is 0 Å². The average molecular weight is 450 g/mol. The van der Waals surface area contributed by atoms with Crippen LogP contribution in [-0.2, 0) is 16.1 Å². The third kappa shape index (κ3) is 5.35. The van der Waals surface area contributed by atoms with Crippen LogP contribution in [0.15, 0.2) is 48.9 Å². The van der Waals surface area contributed by atoms with Crippen molar-refractivity contribution in [2.45, 2.75) is 44.8 Å². The van der Waals surface area contributed by atoms with Crippen LogP contribution in [0.3, 0.4) is 0 Å². The zero-order valence-electron chi connectivity index (χ0n) is 18.6. The predicted octanol–water partition coefficient (Wildman–Crippen LogP) is 3.43. The van der Waals surface area contributed by atoms with E-state index in [2.05, 4.69) is 25.7 Å². The quantitative estimate of drug-likeness (QED) is 0.566. The Morgan fingerprint density at radius 2 is 2.00 bits per heavy atom. The minimum Gasteiger partial charge on any atom is -0.455 e. The van der Waals surface area contributed by atoms with Gasteiger partial charge in [0, 0.05) is 31.8 Å². The van der Waals surface area contributed by atoms with E-state index in [4.69, 9.17) is 9.47 Å². The lowest BCUT2D eigenvalue weighted by Crippen LogP contribution is -2.49. The molecule has 0 atom stereocenters. The number of hydrogen-bond donors (Lipinski definition) is 2. The molecule has 10 nitrogen and oxygen atoms in total. The fraction of sp³-hybridized carbons (Fsp3) is 0.348. The molecule has 0 unspecified atom stereocenters. The summed E-state index contributed by atoms with van der Waals surface area (Å²) in [6.45, 7) is 2.30. The van der Waals surface area contributed by atoms with Gasteiger partial charge in [-0.2, -0.15) is 5.10 Å². The van der Waals surface area contributed by atoms with Crippen LogP contribution < -0.4 is 15.4 Å². The molecule has 33 heavy (non-hydrogen) atoms. The van der Waals surface area contributed by atoms with Crippen LogP contribution >= 0.6 is 0 Å². The summed E-state index contributed by atoms with van der Waals surface area (Å²) in [5.74, 6) is 1.03. The maximum atomic E-state index is 12.5. The second-order valence-corrected chi connectivity index (χ2v) is 7.88. The SMILES string of the molecule is COC1(C(=O)NC(=O)Nc2ccc(Oc3ccnc(Cn4cccn4)c3)c(C)n2)CCCC1. The van der Waals surface area contributed by atoms with Crippen molar-refractivity contribution in [2.24, 2.45) is 0 Å². The van der Waals surface area contributed by atoms with Gasteiger partial charge in [0.1, 0.15) is 22.9 Å². The number of nitrogens with zero attached hydrogens (tertiary/aromatic N) is 4. The van der Waals surface area contributed by atoms with Gasteiger partial charge < -0.3 is 9.47 Å². The molecule has 172 valence electrons. The number of rotatable bonds is 7. The molecule has 3 aromatic heterocycles. The highest BCUT2D eigenvalue weighted by Gasteiger charge is 2.42. The molecule has 3 amide bonds. The topological polar surface area (TPSA) is 120 Å². The van der Waals surface area contributed by atoms with Gasteiger partial charge in [-0.25, -0.2) is 9.78 Å². The number of hydrogen-bond acceptors (Lipinski definition) is 7. The van der Waals surface area contributed by atoms with E-state index in [0.29, 0.717) is 42.4 Å². The van der Waals surface area contributed by atoms with Crippen molar-refractivity contribution in [3.8, 4) is 11.5 Å². The Kier molecular flexibility index (Phi) is 6.64. The lowest BCUT2D eigenvalue weighted by atomic mass is 10.0. The van der Waals surface area contributed by atoms with Crippen LogP contribution in [0.1, 0.15) is 37.1 Å². The summed E-state index contributed by atoms with van der Waals surface area (Å²) in [6.07, 6.45) is 8.24. The first kappa shape index (κ1) is 22.4. The molecule has 2 N–H and O–H groups in total. The van der Waals surface area contributed by atoms with Gasteiger partial charge in [-0.05, 0) is 56.9 Å². The fourth-order valence-electron chi connectivity index (χ4n) is 3.85. The molecule has 0 radical (unpaired) electrons. The third-order valence-electron chi connectivity index (χ3n) is 5.62. The van der Waals surface area contributed by atoms with Crippen LogP contribution in [0.5, 0.6) is 11.5 Å². The van der Waals surface area contributed by atoms with E-state index in [9.17, 15) is 9.59 Å². The van der Waals surface area contributed by atoms with Crippen molar-refractivity contribution in [2.75, 3.05) is 12.4 Å². The zero-order chi connectivity index (χ0) is 23.3. The number of nitrogens with one attached hydrogen (secondary N) is 2. The predicted molar refractivity (Wildman–Crippen MR) is 120 cm³/mol. The largest absolute Gasteiger partial charge is 0.455 e. The lowest BCUT2D eigenvalue weighted by Gasteiger charge is -2.25. The molecule has 0 aliphatic heterocycles. The monoisotopic (exact) mass is 450 g/mol. The number of amides is 3. The van der Waals surface area contributed by atoms with E-state index in [1.807, 2.05) is 18.3 Å². The summed E-state index contributed by atoms with van der Waals surface area (Å²) in [5.41, 5.74) is 0.449. The van der Waals surface area contributed by atoms with E-state index in [1.54, 1.807) is 42.2 Å². The Balaban J connectivity index is 1.37. The van der Waals surface area contributed by atoms with Crippen LogP contribution in [0.25, 0.3) is 0 Å². The number of imide groups is 1. The van der Waals surface area contributed by atoms with Crippen LogP contribution in [0.2, 0.25) is 0 Å². The van der Waals surface area contributed by atoms with Crippen LogP contribution in [0, 0.1) is 6.92 Å². The normalized spacial score (nSPS) is 14.6. The molecule has 1 saturated carbocycles. The minimum atomic E-state index is -0.931. The summed E-state index contributed by atoms with van der Waals surface area (Å²) >= 11 is 0. The van der Waals surface area contributed by atoms with E-state index in [0.717, 1.165) is 18.5 Å². The summed E-state index contributed by atoms with van der Waals surface area (Å²) in [5, 5.41) is 9.13. The maximum absolute atomic E-state index is 12.5. The van der Waals surface area contributed by atoms with E-state index >= 15 is 0 Å². The highest BCUT2D eigenvalue weighted by molar-refractivity contribution is 6.03. The minimum absolute atomic E-state index is 0.303. The molecule has 4 rings (SSSR count). The molecule has 0 spiro atoms. The fourth-order valence-corrected chi connectivity index (χ4v) is 3.85. The van der Waals surface area contributed by atoms with Crippen molar-refractivity contribution in [1.29, 1.82) is 0 Å². The molecule has 0 aromatic carbocycles. The van der Waals surface area contributed by atoms with E-state index in [1.165, 1.54) is 7.11 Å². The Morgan fingerprint density at radius 1 is 1.18 bits per heavy atom. The number of ether oxygens (including phenoxy) is 2. The Labute approximate surface area is 191 Å². The molecule has 3 aromatic rings. The number of carbonyl (C=O) groups is 2. The van der Waals surface area contributed by atoms with E-state index < -0.39 is 17.5 Å². The molecule has 10 heteroatoms. The number of urea groups is 1. The van der Waals surface area contributed by atoms with Crippen LogP contribution in [0.4, 0.5) is 10.6 Å². The first-order chi connectivity index (χ1) is 16.0. The second kappa shape index (κ2) is 9.78. The number of anilines is 1. The van der Waals surface area contributed by atoms with Crippen molar-refractivity contribution in [1.82, 2.24) is 25.1 Å². The highest BCUT2D eigenvalue weighted by Crippen LogP contribution is 2.32. The van der Waals surface area contributed by atoms with Crippen molar-refractivity contribution in [3.63, 3.8) is 0 Å². The van der Waals surface area contributed by atoms with Crippen molar-refractivity contribution >= 4 is 17.8 Å². The lowest BCUT2D eigenvalue weighted by molar-refractivity contribution is -0.141. The number of aromatic nitrogens is 4. The molecular formula is C23H26N6O4. The number of aryl methyl sites for hydroxylation is 1. The van der Waals surface area contributed by atoms with Gasteiger partial charge in [0.05, 0.1) is 17.9 Å². The van der Waals surface area contributed by atoms with Gasteiger partial charge in [0.15, 0.2) is 0 Å². The molecular weight excluding hydrogens is 424 g/mol. The number of methoxy groups -OCH3 is 1. The zero-order valence-corrected chi connectivity index (χ0v) is 18.6. The highest BCUT2D eigenvalue weighted by atomic mass is 16.5. The average Bonchev–Trinajstić information content (AvgIpc) is 3.48. The summed E-state index contributed by atoms with van der Waals surface area (Å²) < 4.78 is 13.1. The molecule has 1 aliphatic rings. The van der Waals surface area contributed by atoms with Crippen LogP contribution in [-0.4, -0.2) is 44.4 Å². The van der Waals surface area contributed by atoms with E-state index in [-0.39, 0.29) is 0 Å². The van der Waals surface area contributed by atoms with Gasteiger partial charge in [0.25, 0.3) is 5.91 Å². The third-order valence-corrected chi connectivity index (χ3v) is 5.62. The van der Waals surface area contributed by atoms with Gasteiger partial charge in [0.2, 0.25) is 0 Å². The van der Waals surface area contributed by atoms with Gasteiger partial charge >= 0.3 is 6.03 Å². The summed E-state index contributed by atoms with van der Waals surface area (Å²) in [6, 6.07) is 8.11. The maximum Gasteiger partial charge on any atom is 0.327 e. The van der Waals surface area contributed by atoms with Gasteiger partial charge in [-0.3, -0.25) is 25.1 Å².